The fraction of sp³-hybridized carbons (Fsp3) is 0.400. The summed E-state index contributed by atoms with van der Waals surface area (Å²) in [7, 11) is 1.63. The Hall–Kier alpha value is -2.32. The average Bonchev–Trinajstić information content (AvgIpc) is 2.90. The van der Waals surface area contributed by atoms with Crippen molar-refractivity contribution >= 4 is 17.2 Å². The van der Waals surface area contributed by atoms with Crippen LogP contribution in [0, 0.1) is 17.2 Å². The molecule has 0 saturated heterocycles. The molecule has 1 aromatic heterocycles. The van der Waals surface area contributed by atoms with Gasteiger partial charge in [0.15, 0.2) is 5.06 Å². The maximum absolute atomic E-state index is 12.2. The quantitative estimate of drug-likeness (QED) is 0.783. The third-order valence-electron chi connectivity index (χ3n) is 4.11. The highest BCUT2D eigenvalue weighted by Gasteiger charge is 2.19. The third kappa shape index (κ3) is 4.83. The smallest absolute Gasteiger partial charge is 0.247 e. The number of carbonyl (C=O) groups excluding carboxylic acids is 1. The zero-order valence-electron chi connectivity index (χ0n) is 15.0. The van der Waals surface area contributed by atoms with Crippen molar-refractivity contribution in [3.63, 3.8) is 0 Å². The lowest BCUT2D eigenvalue weighted by atomic mass is 9.95. The van der Waals surface area contributed by atoms with Crippen LogP contribution in [0.15, 0.2) is 41.7 Å². The minimum atomic E-state index is -0.0968. The molecule has 1 heterocycles. The van der Waals surface area contributed by atoms with Gasteiger partial charge in [0.1, 0.15) is 11.8 Å². The normalized spacial score (nSPS) is 16.5. The van der Waals surface area contributed by atoms with Gasteiger partial charge in [-0.1, -0.05) is 32.4 Å². The Morgan fingerprint density at radius 1 is 1.44 bits per heavy atom. The van der Waals surface area contributed by atoms with E-state index >= 15 is 0 Å². The van der Waals surface area contributed by atoms with Crippen LogP contribution in [0.25, 0.3) is 0 Å². The molecule has 0 fully saturated rings. The number of unbranched alkanes of at least 4 members (excludes halogenated alkanes) is 1. The topological polar surface area (TPSA) is 62.1 Å². The highest BCUT2D eigenvalue weighted by atomic mass is 32.1. The zero-order valence-corrected chi connectivity index (χ0v) is 15.8. The van der Waals surface area contributed by atoms with E-state index in [0.717, 1.165) is 30.6 Å². The molecule has 1 aliphatic rings. The van der Waals surface area contributed by atoms with Crippen LogP contribution in [0.5, 0.6) is 5.06 Å². The summed E-state index contributed by atoms with van der Waals surface area (Å²) in [5.74, 6) is 0.578. The molecule has 0 bridgehead atoms. The van der Waals surface area contributed by atoms with Gasteiger partial charge in [0, 0.05) is 29.5 Å². The Morgan fingerprint density at radius 3 is 2.88 bits per heavy atom. The Morgan fingerprint density at radius 2 is 2.24 bits per heavy atom. The molecule has 0 aliphatic heterocycles. The van der Waals surface area contributed by atoms with Crippen LogP contribution >= 0.6 is 11.3 Å². The van der Waals surface area contributed by atoms with Gasteiger partial charge in [0.25, 0.3) is 0 Å². The first-order chi connectivity index (χ1) is 12.1. The van der Waals surface area contributed by atoms with Crippen molar-refractivity contribution in [3.8, 4) is 11.1 Å². The van der Waals surface area contributed by atoms with E-state index in [-0.39, 0.29) is 11.8 Å². The summed E-state index contributed by atoms with van der Waals surface area (Å²) in [5, 5.41) is 12.7. The van der Waals surface area contributed by atoms with E-state index in [4.69, 9.17) is 4.74 Å². The van der Waals surface area contributed by atoms with Crippen LogP contribution in [-0.4, -0.2) is 13.0 Å². The fourth-order valence-corrected chi connectivity index (χ4v) is 3.70. The number of ether oxygens (including phenoxy) is 1. The summed E-state index contributed by atoms with van der Waals surface area (Å²) in [6, 6.07) is 4.03. The molecule has 132 valence electrons. The minimum Gasteiger partial charge on any atom is -0.447 e. The van der Waals surface area contributed by atoms with E-state index in [1.54, 1.807) is 19.2 Å². The summed E-state index contributed by atoms with van der Waals surface area (Å²) in [4.78, 5) is 13.2. The molecule has 4 nitrogen and oxygen atoms in total. The van der Waals surface area contributed by atoms with E-state index < -0.39 is 0 Å². The molecular formula is C20H24N2O2S. The number of amides is 1. The number of rotatable bonds is 7. The minimum absolute atomic E-state index is 0.0652. The van der Waals surface area contributed by atoms with E-state index in [1.807, 2.05) is 18.2 Å². The largest absolute Gasteiger partial charge is 0.447 e. The van der Waals surface area contributed by atoms with Gasteiger partial charge in [-0.3, -0.25) is 4.79 Å². The number of allylic oxidation sites excluding steroid dienone is 4. The SMILES string of the molecule is CCCCc1sc(OC2=CC=CC(CC)C(C(=O)NC)=C2)cc1C#N. The zero-order chi connectivity index (χ0) is 18.2. The maximum Gasteiger partial charge on any atom is 0.247 e. The van der Waals surface area contributed by atoms with Crippen LogP contribution in [0.1, 0.15) is 43.6 Å². The Balaban J connectivity index is 2.25. The van der Waals surface area contributed by atoms with E-state index in [0.29, 0.717) is 22.0 Å². The molecule has 0 saturated carbocycles. The van der Waals surface area contributed by atoms with Gasteiger partial charge >= 0.3 is 0 Å². The summed E-state index contributed by atoms with van der Waals surface area (Å²) < 4.78 is 5.98. The highest BCUT2D eigenvalue weighted by molar-refractivity contribution is 7.14. The molecule has 2 rings (SSSR count). The fourth-order valence-electron chi connectivity index (χ4n) is 2.68. The Kier molecular flexibility index (Phi) is 7.03. The predicted octanol–water partition coefficient (Wildman–Crippen LogP) is 4.49. The molecule has 1 unspecified atom stereocenters. The van der Waals surface area contributed by atoms with Crippen LogP contribution in [0.4, 0.5) is 0 Å². The summed E-state index contributed by atoms with van der Waals surface area (Å²) in [6.45, 7) is 4.19. The molecule has 25 heavy (non-hydrogen) atoms. The van der Waals surface area contributed by atoms with E-state index in [2.05, 4.69) is 25.2 Å². The van der Waals surface area contributed by atoms with Gasteiger partial charge in [0.2, 0.25) is 5.91 Å². The lowest BCUT2D eigenvalue weighted by Gasteiger charge is -2.13. The third-order valence-corrected chi connectivity index (χ3v) is 5.19. The van der Waals surface area contributed by atoms with Crippen molar-refractivity contribution in [3.05, 3.63) is 52.1 Å². The highest BCUT2D eigenvalue weighted by Crippen LogP contribution is 2.32. The molecule has 0 aromatic carbocycles. The predicted molar refractivity (Wildman–Crippen MR) is 101 cm³/mol. The monoisotopic (exact) mass is 356 g/mol. The van der Waals surface area contributed by atoms with E-state index in [1.165, 1.54) is 11.3 Å². The number of aryl methyl sites for hydroxylation is 1. The summed E-state index contributed by atoms with van der Waals surface area (Å²) in [5.41, 5.74) is 1.37. The molecule has 5 heteroatoms. The molecule has 0 spiro atoms. The van der Waals surface area contributed by atoms with Gasteiger partial charge in [-0.2, -0.15) is 5.26 Å². The van der Waals surface area contributed by atoms with Crippen LogP contribution in [0.2, 0.25) is 0 Å². The van der Waals surface area contributed by atoms with Gasteiger partial charge in [0.05, 0.1) is 5.56 Å². The molecule has 1 aliphatic carbocycles. The van der Waals surface area contributed by atoms with Gasteiger partial charge in [-0.05, 0) is 31.4 Å². The summed E-state index contributed by atoms with van der Waals surface area (Å²) >= 11 is 1.51. The second kappa shape index (κ2) is 9.24. The van der Waals surface area contributed by atoms with Crippen molar-refractivity contribution in [2.24, 2.45) is 5.92 Å². The standard InChI is InChI=1S/C20H24N2O2S/c1-4-6-10-18-15(13-21)11-19(25-18)24-16-9-7-8-14(5-2)17(12-16)20(23)22-3/h7-9,11-12,14H,4-6,10H2,1-3H3,(H,22,23). The van der Waals surface area contributed by atoms with Crippen molar-refractivity contribution in [2.45, 2.75) is 39.5 Å². The molecule has 1 aromatic rings. The van der Waals surface area contributed by atoms with Crippen LogP contribution < -0.4 is 10.1 Å². The number of hydrogen-bond donors (Lipinski definition) is 1. The van der Waals surface area contributed by atoms with Crippen LogP contribution in [0.3, 0.4) is 0 Å². The number of thiophene rings is 1. The number of nitrogens with one attached hydrogen (secondary N) is 1. The molecular weight excluding hydrogens is 332 g/mol. The second-order valence-electron chi connectivity index (χ2n) is 5.87. The van der Waals surface area contributed by atoms with Crippen molar-refractivity contribution in [1.82, 2.24) is 5.32 Å². The lowest BCUT2D eigenvalue weighted by molar-refractivity contribution is -0.117. The Bertz CT molecular complexity index is 750. The molecule has 1 atom stereocenters. The van der Waals surface area contributed by atoms with Crippen LogP contribution in [-0.2, 0) is 11.2 Å². The van der Waals surface area contributed by atoms with Gasteiger partial charge < -0.3 is 10.1 Å². The molecule has 1 amide bonds. The second-order valence-corrected chi connectivity index (χ2v) is 6.97. The number of likely N-dealkylation sites (N-methyl/N-ethyl adjacent to an activating group) is 1. The maximum atomic E-state index is 12.2. The van der Waals surface area contributed by atoms with E-state index in [9.17, 15) is 10.1 Å². The average molecular weight is 356 g/mol. The van der Waals surface area contributed by atoms with Crippen molar-refractivity contribution in [2.75, 3.05) is 7.05 Å². The first-order valence-corrected chi connectivity index (χ1v) is 9.47. The first-order valence-electron chi connectivity index (χ1n) is 8.65. The first kappa shape index (κ1) is 19.0. The number of nitriles is 1. The number of carbonyl (C=O) groups is 1. The molecule has 1 N–H and O–H groups in total. The Labute approximate surface area is 153 Å². The number of nitrogens with zero attached hydrogens (tertiary/aromatic N) is 1. The van der Waals surface area contributed by atoms with Gasteiger partial charge in [-0.15, -0.1) is 11.3 Å². The summed E-state index contributed by atoms with van der Waals surface area (Å²) in [6.07, 6.45) is 11.5. The number of hydrogen-bond acceptors (Lipinski definition) is 4. The van der Waals surface area contributed by atoms with Gasteiger partial charge in [-0.25, -0.2) is 0 Å². The lowest BCUT2D eigenvalue weighted by Crippen LogP contribution is -2.24. The van der Waals surface area contributed by atoms with Crippen molar-refractivity contribution < 1.29 is 9.53 Å². The van der Waals surface area contributed by atoms with Crippen molar-refractivity contribution in [1.29, 1.82) is 5.26 Å². The molecule has 0 radical (unpaired) electrons.